The summed E-state index contributed by atoms with van der Waals surface area (Å²) in [5, 5.41) is 8.20. The summed E-state index contributed by atoms with van der Waals surface area (Å²) >= 11 is 1.45. The Balaban J connectivity index is 1.54. The molecule has 0 saturated carbocycles. The normalized spacial score (nSPS) is 10.5. The van der Waals surface area contributed by atoms with Crippen LogP contribution in [0.15, 0.2) is 53.9 Å². The van der Waals surface area contributed by atoms with Gasteiger partial charge in [-0.25, -0.2) is 4.98 Å². The largest absolute Gasteiger partial charge is 0.486 e. The Morgan fingerprint density at radius 1 is 1.10 bits per heavy atom. The molecule has 0 fully saturated rings. The Bertz CT molecular complexity index is 1020. The molecule has 7 nitrogen and oxygen atoms in total. The molecule has 0 atom stereocenters. The minimum atomic E-state index is -0.267. The molecule has 0 saturated heterocycles. The third-order valence-electron chi connectivity index (χ3n) is 4.36. The van der Waals surface area contributed by atoms with Crippen LogP contribution in [0.4, 0.5) is 5.69 Å². The van der Waals surface area contributed by atoms with E-state index in [0.29, 0.717) is 36.7 Å². The SMILES string of the molecule is COCCNC(=O)c1ccccc1NC(=O)Cc1csc(COc2ccc(C)cc2)n1. The molecule has 8 heteroatoms. The molecule has 0 bridgehead atoms. The summed E-state index contributed by atoms with van der Waals surface area (Å²) in [4.78, 5) is 29.3. The van der Waals surface area contributed by atoms with E-state index in [1.54, 1.807) is 31.4 Å². The number of carbonyl (C=O) groups excluding carboxylic acids is 2. The van der Waals surface area contributed by atoms with Crippen LogP contribution in [0.1, 0.15) is 26.6 Å². The first kappa shape index (κ1) is 22.5. The lowest BCUT2D eigenvalue weighted by Crippen LogP contribution is -2.28. The molecule has 0 aliphatic heterocycles. The van der Waals surface area contributed by atoms with E-state index in [9.17, 15) is 9.59 Å². The van der Waals surface area contributed by atoms with Gasteiger partial charge < -0.3 is 20.1 Å². The Morgan fingerprint density at radius 3 is 2.65 bits per heavy atom. The maximum absolute atomic E-state index is 12.5. The van der Waals surface area contributed by atoms with Crippen molar-refractivity contribution < 1.29 is 19.1 Å². The molecule has 1 heterocycles. The van der Waals surface area contributed by atoms with E-state index in [-0.39, 0.29) is 18.2 Å². The van der Waals surface area contributed by atoms with Crippen molar-refractivity contribution in [3.63, 3.8) is 0 Å². The van der Waals surface area contributed by atoms with Crippen LogP contribution >= 0.6 is 11.3 Å². The van der Waals surface area contributed by atoms with Crippen molar-refractivity contribution in [2.24, 2.45) is 0 Å². The number of rotatable bonds is 10. The van der Waals surface area contributed by atoms with Crippen LogP contribution in [0.2, 0.25) is 0 Å². The number of thiazole rings is 1. The van der Waals surface area contributed by atoms with E-state index in [2.05, 4.69) is 15.6 Å². The second-order valence-electron chi connectivity index (χ2n) is 6.85. The highest BCUT2D eigenvalue weighted by Gasteiger charge is 2.14. The molecule has 0 radical (unpaired) electrons. The van der Waals surface area contributed by atoms with Gasteiger partial charge in [0.1, 0.15) is 17.4 Å². The molecule has 162 valence electrons. The predicted molar refractivity (Wildman–Crippen MR) is 121 cm³/mol. The number of methoxy groups -OCH3 is 1. The number of ether oxygens (including phenoxy) is 2. The molecular weight excluding hydrogens is 414 g/mol. The van der Waals surface area contributed by atoms with Crippen LogP contribution in [0.5, 0.6) is 5.75 Å². The van der Waals surface area contributed by atoms with Gasteiger partial charge in [-0.3, -0.25) is 9.59 Å². The van der Waals surface area contributed by atoms with Gasteiger partial charge >= 0.3 is 0 Å². The number of amides is 2. The van der Waals surface area contributed by atoms with Gasteiger partial charge in [0, 0.05) is 19.0 Å². The number of aryl methyl sites for hydroxylation is 1. The third-order valence-corrected chi connectivity index (χ3v) is 5.23. The Kier molecular flexibility index (Phi) is 8.14. The van der Waals surface area contributed by atoms with Crippen molar-refractivity contribution >= 4 is 28.8 Å². The molecule has 3 rings (SSSR count). The Morgan fingerprint density at radius 2 is 1.87 bits per heavy atom. The lowest BCUT2D eigenvalue weighted by Gasteiger charge is -2.11. The number of hydrogen-bond acceptors (Lipinski definition) is 6. The summed E-state index contributed by atoms with van der Waals surface area (Å²) in [7, 11) is 1.57. The standard InChI is InChI=1S/C23H25N3O4S/c1-16-7-9-18(10-8-16)30-14-22-25-17(15-31-22)13-21(27)26-20-6-4-3-5-19(20)23(28)24-11-12-29-2/h3-10,15H,11-14H2,1-2H3,(H,24,28)(H,26,27). The van der Waals surface area contributed by atoms with Gasteiger partial charge in [0.2, 0.25) is 5.91 Å². The molecule has 3 aromatic rings. The zero-order chi connectivity index (χ0) is 22.1. The average molecular weight is 440 g/mol. The second kappa shape index (κ2) is 11.2. The molecule has 2 amide bonds. The highest BCUT2D eigenvalue weighted by atomic mass is 32.1. The number of nitrogens with zero attached hydrogens (tertiary/aromatic N) is 1. The van der Waals surface area contributed by atoms with Gasteiger partial charge in [-0.1, -0.05) is 29.8 Å². The monoisotopic (exact) mass is 439 g/mol. The Hall–Kier alpha value is -3.23. The predicted octanol–water partition coefficient (Wildman–Crippen LogP) is 3.59. The van der Waals surface area contributed by atoms with Crippen LogP contribution in [-0.4, -0.2) is 37.1 Å². The molecule has 2 aromatic carbocycles. The van der Waals surface area contributed by atoms with E-state index in [1.165, 1.54) is 16.9 Å². The highest BCUT2D eigenvalue weighted by molar-refractivity contribution is 7.09. The van der Waals surface area contributed by atoms with E-state index >= 15 is 0 Å². The van der Waals surface area contributed by atoms with Crippen molar-refractivity contribution in [3.8, 4) is 5.75 Å². The Labute approximate surface area is 185 Å². The highest BCUT2D eigenvalue weighted by Crippen LogP contribution is 2.18. The smallest absolute Gasteiger partial charge is 0.253 e. The number of nitrogens with one attached hydrogen (secondary N) is 2. The average Bonchev–Trinajstić information content (AvgIpc) is 3.21. The maximum Gasteiger partial charge on any atom is 0.253 e. The minimum Gasteiger partial charge on any atom is -0.486 e. The van der Waals surface area contributed by atoms with Gasteiger partial charge in [-0.2, -0.15) is 0 Å². The quantitative estimate of drug-likeness (QED) is 0.471. The molecule has 2 N–H and O–H groups in total. The molecular formula is C23H25N3O4S. The van der Waals surface area contributed by atoms with E-state index in [1.807, 2.05) is 36.6 Å². The zero-order valence-electron chi connectivity index (χ0n) is 17.5. The van der Waals surface area contributed by atoms with Crippen molar-refractivity contribution in [1.82, 2.24) is 10.3 Å². The number of carbonyl (C=O) groups is 2. The zero-order valence-corrected chi connectivity index (χ0v) is 18.3. The summed E-state index contributed by atoms with van der Waals surface area (Å²) in [5.41, 5.74) is 2.69. The fourth-order valence-corrected chi connectivity index (χ4v) is 3.49. The second-order valence-corrected chi connectivity index (χ2v) is 7.80. The van der Waals surface area contributed by atoms with Gasteiger partial charge in [0.05, 0.1) is 30.0 Å². The van der Waals surface area contributed by atoms with E-state index < -0.39 is 0 Å². The minimum absolute atomic E-state index is 0.112. The van der Waals surface area contributed by atoms with Crippen molar-refractivity contribution in [1.29, 1.82) is 0 Å². The van der Waals surface area contributed by atoms with E-state index in [4.69, 9.17) is 9.47 Å². The van der Waals surface area contributed by atoms with Gasteiger partial charge in [0.25, 0.3) is 5.91 Å². The van der Waals surface area contributed by atoms with Gasteiger partial charge in [-0.15, -0.1) is 11.3 Å². The molecule has 0 unspecified atom stereocenters. The van der Waals surface area contributed by atoms with Crippen LogP contribution < -0.4 is 15.4 Å². The van der Waals surface area contributed by atoms with Crippen LogP contribution in [0, 0.1) is 6.92 Å². The summed E-state index contributed by atoms with van der Waals surface area (Å²) in [6, 6.07) is 14.7. The topological polar surface area (TPSA) is 89.6 Å². The summed E-state index contributed by atoms with van der Waals surface area (Å²) < 4.78 is 10.7. The molecule has 1 aromatic heterocycles. The summed E-state index contributed by atoms with van der Waals surface area (Å²) in [5.74, 6) is 0.270. The first-order valence-corrected chi connectivity index (χ1v) is 10.7. The summed E-state index contributed by atoms with van der Waals surface area (Å²) in [6.45, 7) is 3.18. The fraction of sp³-hybridized carbons (Fsp3) is 0.261. The summed E-state index contributed by atoms with van der Waals surface area (Å²) in [6.07, 6.45) is 0.112. The number of hydrogen-bond donors (Lipinski definition) is 2. The van der Waals surface area contributed by atoms with Crippen LogP contribution in [0.25, 0.3) is 0 Å². The van der Waals surface area contributed by atoms with Gasteiger partial charge in [0.15, 0.2) is 0 Å². The van der Waals surface area contributed by atoms with Crippen molar-refractivity contribution in [2.75, 3.05) is 25.6 Å². The number of aromatic nitrogens is 1. The first-order chi connectivity index (χ1) is 15.0. The molecule has 0 aliphatic carbocycles. The number of para-hydroxylation sites is 1. The number of anilines is 1. The van der Waals surface area contributed by atoms with Crippen molar-refractivity contribution in [3.05, 3.63) is 75.7 Å². The lowest BCUT2D eigenvalue weighted by atomic mass is 10.1. The fourth-order valence-electron chi connectivity index (χ4n) is 2.79. The molecule has 0 aliphatic rings. The van der Waals surface area contributed by atoms with E-state index in [0.717, 1.165) is 10.8 Å². The number of benzene rings is 2. The molecule has 31 heavy (non-hydrogen) atoms. The van der Waals surface area contributed by atoms with Crippen LogP contribution in [0.3, 0.4) is 0 Å². The first-order valence-electron chi connectivity index (χ1n) is 9.84. The van der Waals surface area contributed by atoms with Crippen LogP contribution in [-0.2, 0) is 22.6 Å². The van der Waals surface area contributed by atoms with Gasteiger partial charge in [-0.05, 0) is 31.2 Å². The maximum atomic E-state index is 12.5. The molecule has 0 spiro atoms. The van der Waals surface area contributed by atoms with Crippen molar-refractivity contribution in [2.45, 2.75) is 20.0 Å². The lowest BCUT2D eigenvalue weighted by molar-refractivity contribution is -0.115. The third kappa shape index (κ3) is 6.91.